The minimum absolute atomic E-state index is 0.297. The SMILES string of the molecule is Cn1cnc(N)c1S(=O)(=O)Nc1cc(F)cc(F)c1F. The van der Waals surface area contributed by atoms with Crippen LogP contribution in [-0.4, -0.2) is 18.0 Å². The summed E-state index contributed by atoms with van der Waals surface area (Å²) in [5.74, 6) is -4.48. The minimum atomic E-state index is -4.34. The molecule has 1 heterocycles. The number of nitrogens with two attached hydrogens (primary N) is 1. The molecule has 1 aromatic carbocycles. The van der Waals surface area contributed by atoms with Crippen LogP contribution in [0.4, 0.5) is 24.7 Å². The van der Waals surface area contributed by atoms with Gasteiger partial charge < -0.3 is 10.3 Å². The Balaban J connectivity index is 2.49. The molecule has 10 heteroatoms. The van der Waals surface area contributed by atoms with E-state index >= 15 is 0 Å². The van der Waals surface area contributed by atoms with Gasteiger partial charge in [-0.15, -0.1) is 0 Å². The third kappa shape index (κ3) is 2.41. The minimum Gasteiger partial charge on any atom is -0.381 e. The number of anilines is 2. The highest BCUT2D eigenvalue weighted by molar-refractivity contribution is 7.92. The summed E-state index contributed by atoms with van der Waals surface area (Å²) in [6.45, 7) is 0. The van der Waals surface area contributed by atoms with E-state index in [9.17, 15) is 21.6 Å². The molecule has 0 unspecified atom stereocenters. The van der Waals surface area contributed by atoms with Crippen LogP contribution in [0, 0.1) is 17.5 Å². The summed E-state index contributed by atoms with van der Waals surface area (Å²) in [5.41, 5.74) is 4.53. The first-order chi connectivity index (χ1) is 9.22. The first-order valence-corrected chi connectivity index (χ1v) is 6.65. The zero-order chi connectivity index (χ0) is 15.1. The van der Waals surface area contributed by atoms with E-state index < -0.39 is 38.2 Å². The van der Waals surface area contributed by atoms with Gasteiger partial charge in [0.15, 0.2) is 22.5 Å². The molecule has 0 aliphatic carbocycles. The van der Waals surface area contributed by atoms with Gasteiger partial charge in [-0.3, -0.25) is 4.72 Å². The lowest BCUT2D eigenvalue weighted by molar-refractivity contribution is 0.498. The first-order valence-electron chi connectivity index (χ1n) is 5.16. The molecular formula is C10H9F3N4O2S. The zero-order valence-corrected chi connectivity index (χ0v) is 10.9. The number of nitrogen functional groups attached to an aromatic ring is 1. The fourth-order valence-corrected chi connectivity index (χ4v) is 2.88. The molecule has 0 spiro atoms. The number of aryl methyl sites for hydroxylation is 1. The van der Waals surface area contributed by atoms with Crippen molar-refractivity contribution < 1.29 is 21.6 Å². The third-order valence-corrected chi connectivity index (χ3v) is 3.90. The van der Waals surface area contributed by atoms with E-state index in [2.05, 4.69) is 4.98 Å². The molecule has 3 N–H and O–H groups in total. The van der Waals surface area contributed by atoms with E-state index in [1.54, 1.807) is 4.72 Å². The fourth-order valence-electron chi connectivity index (χ4n) is 1.59. The van der Waals surface area contributed by atoms with Crippen LogP contribution in [0.2, 0.25) is 0 Å². The van der Waals surface area contributed by atoms with Crippen molar-refractivity contribution in [3.63, 3.8) is 0 Å². The van der Waals surface area contributed by atoms with Crippen molar-refractivity contribution in [2.45, 2.75) is 5.03 Å². The van der Waals surface area contributed by atoms with Gasteiger partial charge in [0.1, 0.15) is 5.82 Å². The van der Waals surface area contributed by atoms with Crippen molar-refractivity contribution in [2.75, 3.05) is 10.5 Å². The number of hydrogen-bond donors (Lipinski definition) is 2. The van der Waals surface area contributed by atoms with Crippen LogP contribution in [0.3, 0.4) is 0 Å². The van der Waals surface area contributed by atoms with Gasteiger partial charge in [-0.1, -0.05) is 0 Å². The number of sulfonamides is 1. The molecule has 0 aliphatic rings. The van der Waals surface area contributed by atoms with Crippen LogP contribution in [0.25, 0.3) is 0 Å². The number of hydrogen-bond acceptors (Lipinski definition) is 4. The largest absolute Gasteiger partial charge is 0.381 e. The van der Waals surface area contributed by atoms with Crippen molar-refractivity contribution in [2.24, 2.45) is 7.05 Å². The standard InChI is InChI=1S/C10H9F3N4O2S/c1-17-4-15-9(14)10(17)20(18,19)16-7-3-5(11)2-6(12)8(7)13/h2-4,16H,14H2,1H3. The van der Waals surface area contributed by atoms with Gasteiger partial charge >= 0.3 is 0 Å². The van der Waals surface area contributed by atoms with E-state index in [0.717, 1.165) is 10.9 Å². The fraction of sp³-hybridized carbons (Fsp3) is 0.100. The van der Waals surface area contributed by atoms with Crippen molar-refractivity contribution in [3.8, 4) is 0 Å². The van der Waals surface area contributed by atoms with Crippen LogP contribution in [0.5, 0.6) is 0 Å². The van der Waals surface area contributed by atoms with E-state index in [4.69, 9.17) is 5.73 Å². The number of benzene rings is 1. The highest BCUT2D eigenvalue weighted by Crippen LogP contribution is 2.24. The van der Waals surface area contributed by atoms with Crippen LogP contribution in [0.15, 0.2) is 23.5 Å². The van der Waals surface area contributed by atoms with E-state index in [1.807, 2.05) is 0 Å². The van der Waals surface area contributed by atoms with Gasteiger partial charge in [-0.2, -0.15) is 8.42 Å². The van der Waals surface area contributed by atoms with Gasteiger partial charge in [0, 0.05) is 19.2 Å². The summed E-state index contributed by atoms with van der Waals surface area (Å²) < 4.78 is 66.3. The van der Waals surface area contributed by atoms with E-state index in [1.165, 1.54) is 7.05 Å². The van der Waals surface area contributed by atoms with Crippen LogP contribution < -0.4 is 10.5 Å². The normalized spacial score (nSPS) is 11.6. The van der Waals surface area contributed by atoms with Crippen molar-refractivity contribution >= 4 is 21.5 Å². The lowest BCUT2D eigenvalue weighted by Gasteiger charge is -2.10. The van der Waals surface area contributed by atoms with Crippen LogP contribution >= 0.6 is 0 Å². The molecule has 0 bridgehead atoms. The molecule has 20 heavy (non-hydrogen) atoms. The molecule has 108 valence electrons. The maximum absolute atomic E-state index is 13.4. The number of aromatic nitrogens is 2. The average molecular weight is 306 g/mol. The second-order valence-electron chi connectivity index (χ2n) is 3.90. The Morgan fingerprint density at radius 3 is 2.50 bits per heavy atom. The summed E-state index contributed by atoms with van der Waals surface area (Å²) in [6, 6.07) is 0.814. The van der Waals surface area contributed by atoms with Crippen LogP contribution in [0.1, 0.15) is 0 Å². The third-order valence-electron chi connectivity index (χ3n) is 2.40. The van der Waals surface area contributed by atoms with Crippen molar-refractivity contribution in [1.29, 1.82) is 0 Å². The maximum atomic E-state index is 13.4. The summed E-state index contributed by atoms with van der Waals surface area (Å²) in [4.78, 5) is 3.56. The van der Waals surface area contributed by atoms with Gasteiger partial charge in [0.2, 0.25) is 0 Å². The number of imidazole rings is 1. The molecule has 0 atom stereocenters. The number of nitrogens with zero attached hydrogens (tertiary/aromatic N) is 2. The average Bonchev–Trinajstić information content (AvgIpc) is 2.65. The molecule has 0 amide bonds. The number of halogens is 3. The molecule has 2 aromatic rings. The number of rotatable bonds is 3. The van der Waals surface area contributed by atoms with Gasteiger partial charge in [-0.05, 0) is 0 Å². The second-order valence-corrected chi connectivity index (χ2v) is 5.50. The Morgan fingerprint density at radius 1 is 1.30 bits per heavy atom. The monoisotopic (exact) mass is 306 g/mol. The Hall–Kier alpha value is -2.23. The highest BCUT2D eigenvalue weighted by atomic mass is 32.2. The Morgan fingerprint density at radius 2 is 1.95 bits per heavy atom. The smallest absolute Gasteiger partial charge is 0.281 e. The second kappa shape index (κ2) is 4.71. The predicted molar refractivity (Wildman–Crippen MR) is 64.7 cm³/mol. The summed E-state index contributed by atoms with van der Waals surface area (Å²) in [5, 5.41) is -0.443. The van der Waals surface area contributed by atoms with E-state index in [0.29, 0.717) is 12.1 Å². The molecule has 0 saturated heterocycles. The molecule has 0 aliphatic heterocycles. The summed E-state index contributed by atoms with van der Waals surface area (Å²) in [6.07, 6.45) is 1.13. The molecule has 0 radical (unpaired) electrons. The van der Waals surface area contributed by atoms with Gasteiger partial charge in [0.05, 0.1) is 12.0 Å². The maximum Gasteiger partial charge on any atom is 0.281 e. The zero-order valence-electron chi connectivity index (χ0n) is 10.1. The molecule has 2 rings (SSSR count). The molecule has 6 nitrogen and oxygen atoms in total. The highest BCUT2D eigenvalue weighted by Gasteiger charge is 2.24. The quantitative estimate of drug-likeness (QED) is 0.834. The lowest BCUT2D eigenvalue weighted by atomic mass is 10.3. The Bertz CT molecular complexity index is 754. The van der Waals surface area contributed by atoms with E-state index in [-0.39, 0.29) is 5.82 Å². The van der Waals surface area contributed by atoms with Gasteiger partial charge in [-0.25, -0.2) is 18.2 Å². The molecular weight excluding hydrogens is 297 g/mol. The molecule has 1 aromatic heterocycles. The first kappa shape index (κ1) is 14.2. The van der Waals surface area contributed by atoms with Gasteiger partial charge in [0.25, 0.3) is 10.0 Å². The van der Waals surface area contributed by atoms with Crippen LogP contribution in [-0.2, 0) is 17.1 Å². The predicted octanol–water partition coefficient (Wildman–Crippen LogP) is 1.22. The summed E-state index contributed by atoms with van der Waals surface area (Å²) >= 11 is 0. The topological polar surface area (TPSA) is 90.0 Å². The van der Waals surface area contributed by atoms with Crippen molar-refractivity contribution in [3.05, 3.63) is 35.9 Å². The Kier molecular flexibility index (Phi) is 3.34. The Labute approximate surface area is 112 Å². The molecule has 0 fully saturated rings. The van der Waals surface area contributed by atoms with Crippen molar-refractivity contribution in [1.82, 2.24) is 9.55 Å². The lowest BCUT2D eigenvalue weighted by Crippen LogP contribution is -2.18. The summed E-state index contributed by atoms with van der Waals surface area (Å²) in [7, 11) is -2.99. The molecule has 0 saturated carbocycles. The number of nitrogens with one attached hydrogen (secondary N) is 1.